The molecule has 0 unspecified atom stereocenters. The van der Waals surface area contributed by atoms with Gasteiger partial charge in [0.1, 0.15) is 5.84 Å². The Bertz CT molecular complexity index is 634. The van der Waals surface area contributed by atoms with Crippen LogP contribution in [0.25, 0.3) is 0 Å². The zero-order valence-corrected chi connectivity index (χ0v) is 11.4. The van der Waals surface area contributed by atoms with Gasteiger partial charge in [-0.1, -0.05) is 25.1 Å². The minimum Gasteiger partial charge on any atom is -0.292 e. The normalized spacial score (nSPS) is 16.2. The maximum atomic E-state index is 12.4. The van der Waals surface area contributed by atoms with E-state index in [9.17, 15) is 4.79 Å². The zero-order valence-electron chi connectivity index (χ0n) is 10.5. The molecule has 19 heavy (non-hydrogen) atoms. The van der Waals surface area contributed by atoms with Gasteiger partial charge in [0.15, 0.2) is 0 Å². The zero-order chi connectivity index (χ0) is 13.2. The van der Waals surface area contributed by atoms with Crippen LogP contribution in [0.5, 0.6) is 0 Å². The van der Waals surface area contributed by atoms with Crippen molar-refractivity contribution in [2.75, 3.05) is 6.54 Å². The van der Waals surface area contributed by atoms with Gasteiger partial charge in [-0.05, 0) is 12.5 Å². The number of benzene rings is 1. The molecule has 4 nitrogen and oxygen atoms in total. The lowest BCUT2D eigenvalue weighted by atomic mass is 10.1. The molecule has 0 radical (unpaired) electrons. The fourth-order valence-corrected chi connectivity index (χ4v) is 2.67. The molecule has 3 rings (SSSR count). The van der Waals surface area contributed by atoms with Gasteiger partial charge >= 0.3 is 0 Å². The van der Waals surface area contributed by atoms with Crippen LogP contribution in [0.3, 0.4) is 0 Å². The Balaban J connectivity index is 2.11. The Morgan fingerprint density at radius 2 is 2.11 bits per heavy atom. The highest BCUT2D eigenvalue weighted by Gasteiger charge is 2.32. The second-order valence-electron chi connectivity index (χ2n) is 4.25. The molecule has 96 valence electrons. The van der Waals surface area contributed by atoms with E-state index in [0.717, 1.165) is 23.4 Å². The molecule has 2 aromatic rings. The third-order valence-corrected chi connectivity index (χ3v) is 3.63. The van der Waals surface area contributed by atoms with Crippen LogP contribution in [0.15, 0.2) is 40.8 Å². The minimum absolute atomic E-state index is 0.0350. The van der Waals surface area contributed by atoms with Crippen LogP contribution in [0, 0.1) is 0 Å². The molecule has 0 spiro atoms. The predicted octanol–water partition coefficient (Wildman–Crippen LogP) is 3.09. The van der Waals surface area contributed by atoms with Crippen LogP contribution >= 0.6 is 11.3 Å². The molecule has 1 amide bonds. The summed E-state index contributed by atoms with van der Waals surface area (Å²) in [6.45, 7) is 2.73. The number of nitrogens with zero attached hydrogens (tertiary/aromatic N) is 3. The molecule has 1 aromatic carbocycles. The van der Waals surface area contributed by atoms with Crippen molar-refractivity contribution in [2.24, 2.45) is 4.99 Å². The topological polar surface area (TPSA) is 45.6 Å². The highest BCUT2D eigenvalue weighted by molar-refractivity contribution is 7.13. The van der Waals surface area contributed by atoms with Crippen molar-refractivity contribution >= 4 is 28.2 Å². The fourth-order valence-electron chi connectivity index (χ4n) is 2.16. The molecular weight excluding hydrogens is 258 g/mol. The first-order valence-electron chi connectivity index (χ1n) is 6.20. The van der Waals surface area contributed by atoms with Gasteiger partial charge in [0.05, 0.1) is 5.56 Å². The van der Waals surface area contributed by atoms with Gasteiger partial charge in [0.2, 0.25) is 5.13 Å². The van der Waals surface area contributed by atoms with E-state index in [1.54, 1.807) is 11.1 Å². The molecule has 0 fully saturated rings. The number of amides is 1. The van der Waals surface area contributed by atoms with E-state index in [4.69, 9.17) is 0 Å². The molecule has 0 saturated carbocycles. The molecule has 0 saturated heterocycles. The number of aromatic nitrogens is 1. The van der Waals surface area contributed by atoms with E-state index in [0.29, 0.717) is 11.7 Å². The van der Waals surface area contributed by atoms with Gasteiger partial charge in [-0.15, -0.1) is 11.3 Å². The third-order valence-electron chi connectivity index (χ3n) is 2.97. The summed E-state index contributed by atoms with van der Waals surface area (Å²) < 4.78 is 0. The van der Waals surface area contributed by atoms with Crippen molar-refractivity contribution in [3.63, 3.8) is 0 Å². The molecular formula is C14H13N3OS. The first-order valence-corrected chi connectivity index (χ1v) is 7.08. The number of rotatable bonds is 3. The van der Waals surface area contributed by atoms with Gasteiger partial charge in [-0.2, -0.15) is 0 Å². The number of aliphatic imine (C=N–C) groups is 1. The molecule has 1 aliphatic heterocycles. The first-order chi connectivity index (χ1) is 9.31. The van der Waals surface area contributed by atoms with E-state index in [1.807, 2.05) is 29.6 Å². The third kappa shape index (κ3) is 2.06. The maximum Gasteiger partial charge on any atom is 0.260 e. The van der Waals surface area contributed by atoms with E-state index in [-0.39, 0.29) is 5.91 Å². The summed E-state index contributed by atoms with van der Waals surface area (Å²) in [6.07, 6.45) is 2.62. The highest BCUT2D eigenvalue weighted by Crippen LogP contribution is 2.26. The van der Waals surface area contributed by atoms with Crippen LogP contribution in [0.2, 0.25) is 0 Å². The molecule has 0 bridgehead atoms. The Labute approximate surface area is 115 Å². The highest BCUT2D eigenvalue weighted by atomic mass is 32.1. The number of hydrogen-bond acceptors (Lipinski definition) is 4. The molecule has 2 heterocycles. The van der Waals surface area contributed by atoms with Crippen LogP contribution in [0.4, 0.5) is 5.13 Å². The molecule has 0 N–H and O–H groups in total. The second kappa shape index (κ2) is 4.93. The van der Waals surface area contributed by atoms with E-state index >= 15 is 0 Å². The van der Waals surface area contributed by atoms with Crippen LogP contribution in [-0.2, 0) is 0 Å². The largest absolute Gasteiger partial charge is 0.292 e. The SMILES string of the molecule is CCCN1C(=O)c2ccccc2C1=Nc1nccs1. The summed E-state index contributed by atoms with van der Waals surface area (Å²) in [4.78, 5) is 22.8. The van der Waals surface area contributed by atoms with Gasteiger partial charge in [-0.25, -0.2) is 9.98 Å². The average molecular weight is 271 g/mol. The molecule has 0 atom stereocenters. The minimum atomic E-state index is 0.0350. The number of carbonyl (C=O) groups is 1. The molecule has 1 aliphatic rings. The maximum absolute atomic E-state index is 12.4. The lowest BCUT2D eigenvalue weighted by molar-refractivity contribution is 0.0860. The summed E-state index contributed by atoms with van der Waals surface area (Å²) in [5.41, 5.74) is 1.63. The van der Waals surface area contributed by atoms with Crippen molar-refractivity contribution in [3.05, 3.63) is 47.0 Å². The average Bonchev–Trinajstić information content (AvgIpc) is 3.02. The Morgan fingerprint density at radius 3 is 2.79 bits per heavy atom. The number of fused-ring (bicyclic) bond motifs is 1. The van der Waals surface area contributed by atoms with Gasteiger partial charge in [0.25, 0.3) is 5.91 Å². The van der Waals surface area contributed by atoms with Crippen LogP contribution in [-0.4, -0.2) is 28.2 Å². The fraction of sp³-hybridized carbons (Fsp3) is 0.214. The summed E-state index contributed by atoms with van der Waals surface area (Å²) in [5.74, 6) is 0.755. The van der Waals surface area contributed by atoms with Crippen molar-refractivity contribution < 1.29 is 4.79 Å². The Hall–Kier alpha value is -2.01. The van der Waals surface area contributed by atoms with Crippen molar-refractivity contribution in [1.82, 2.24) is 9.88 Å². The van der Waals surface area contributed by atoms with E-state index in [1.165, 1.54) is 11.3 Å². The number of amidine groups is 1. The lowest BCUT2D eigenvalue weighted by Crippen LogP contribution is -2.30. The standard InChI is InChI=1S/C14H13N3OS/c1-2-8-17-12(16-14-15-7-9-19-14)10-5-3-4-6-11(10)13(17)18/h3-7,9H,2,8H2,1H3. The number of hydrogen-bond donors (Lipinski definition) is 0. The predicted molar refractivity (Wildman–Crippen MR) is 76.1 cm³/mol. The number of carbonyl (C=O) groups excluding carboxylic acids is 1. The monoisotopic (exact) mass is 271 g/mol. The van der Waals surface area contributed by atoms with Gasteiger partial charge in [-0.3, -0.25) is 9.69 Å². The Kier molecular flexibility index (Phi) is 3.13. The summed E-state index contributed by atoms with van der Waals surface area (Å²) >= 11 is 1.47. The molecule has 0 aliphatic carbocycles. The van der Waals surface area contributed by atoms with Crippen molar-refractivity contribution in [3.8, 4) is 0 Å². The lowest BCUT2D eigenvalue weighted by Gasteiger charge is -2.15. The summed E-state index contributed by atoms with van der Waals surface area (Å²) in [6, 6.07) is 7.60. The van der Waals surface area contributed by atoms with Crippen molar-refractivity contribution in [2.45, 2.75) is 13.3 Å². The quantitative estimate of drug-likeness (QED) is 0.861. The Morgan fingerprint density at radius 1 is 1.32 bits per heavy atom. The van der Waals surface area contributed by atoms with Gasteiger partial charge < -0.3 is 0 Å². The van der Waals surface area contributed by atoms with E-state index < -0.39 is 0 Å². The smallest absolute Gasteiger partial charge is 0.260 e. The molecule has 5 heteroatoms. The second-order valence-corrected chi connectivity index (χ2v) is 5.13. The van der Waals surface area contributed by atoms with E-state index in [2.05, 4.69) is 16.9 Å². The number of thiazole rings is 1. The first kappa shape index (κ1) is 12.0. The van der Waals surface area contributed by atoms with Crippen LogP contribution < -0.4 is 0 Å². The summed E-state index contributed by atoms with van der Waals surface area (Å²) in [7, 11) is 0. The molecule has 1 aromatic heterocycles. The van der Waals surface area contributed by atoms with Gasteiger partial charge in [0, 0.05) is 23.7 Å². The summed E-state index contributed by atoms with van der Waals surface area (Å²) in [5, 5.41) is 2.56. The van der Waals surface area contributed by atoms with Crippen molar-refractivity contribution in [1.29, 1.82) is 0 Å². The van der Waals surface area contributed by atoms with Crippen LogP contribution in [0.1, 0.15) is 29.3 Å².